The van der Waals surface area contributed by atoms with Crippen LogP contribution < -0.4 is 0 Å². The van der Waals surface area contributed by atoms with Crippen molar-refractivity contribution in [3.8, 4) is 11.3 Å². The minimum atomic E-state index is -0.403. The van der Waals surface area contributed by atoms with Crippen molar-refractivity contribution < 1.29 is 4.39 Å². The zero-order chi connectivity index (χ0) is 19.0. The van der Waals surface area contributed by atoms with E-state index in [1.165, 1.54) is 11.6 Å². The van der Waals surface area contributed by atoms with E-state index >= 15 is 0 Å². The van der Waals surface area contributed by atoms with Crippen molar-refractivity contribution >= 4 is 17.2 Å². The predicted octanol–water partition coefficient (Wildman–Crippen LogP) is 6.48. The van der Waals surface area contributed by atoms with E-state index in [4.69, 9.17) is 4.98 Å². The molecule has 0 fully saturated rings. The number of benzene rings is 2. The smallest absolute Gasteiger partial charge is 0.187 e. The topological polar surface area (TPSA) is 42.0 Å². The fraction of sp³-hybridized carbons (Fsp3) is 0.136. The SMILES string of the molecule is Cc1ccc(-c2nc3c(C)cccn3c2N=Nc2ccccc2F)c(C)c1. The summed E-state index contributed by atoms with van der Waals surface area (Å²) in [7, 11) is 0. The highest BCUT2D eigenvalue weighted by molar-refractivity contribution is 5.77. The fourth-order valence-electron chi connectivity index (χ4n) is 3.18. The molecule has 0 unspecified atom stereocenters. The maximum Gasteiger partial charge on any atom is 0.187 e. The molecule has 4 aromatic rings. The van der Waals surface area contributed by atoms with E-state index < -0.39 is 5.82 Å². The standard InChI is InChI=1S/C22H19FN4/c1-14-10-11-17(16(3)13-14)20-22(26-25-19-9-5-4-8-18(19)23)27-12-6-7-15(2)21(27)24-20/h4-13H,1-3H3. The summed E-state index contributed by atoms with van der Waals surface area (Å²) in [6.45, 7) is 6.12. The van der Waals surface area contributed by atoms with E-state index in [1.807, 2.05) is 35.7 Å². The molecule has 134 valence electrons. The van der Waals surface area contributed by atoms with Gasteiger partial charge in [0, 0.05) is 11.8 Å². The van der Waals surface area contributed by atoms with Crippen LogP contribution in [0.1, 0.15) is 16.7 Å². The molecule has 2 aromatic heterocycles. The Hall–Kier alpha value is -3.34. The summed E-state index contributed by atoms with van der Waals surface area (Å²) < 4.78 is 15.8. The summed E-state index contributed by atoms with van der Waals surface area (Å²) in [4.78, 5) is 4.82. The number of hydrogen-bond donors (Lipinski definition) is 0. The van der Waals surface area contributed by atoms with E-state index in [2.05, 4.69) is 36.2 Å². The van der Waals surface area contributed by atoms with E-state index in [-0.39, 0.29) is 5.69 Å². The molecule has 4 rings (SSSR count). The third-order valence-corrected chi connectivity index (χ3v) is 4.56. The monoisotopic (exact) mass is 358 g/mol. The highest BCUT2D eigenvalue weighted by Crippen LogP contribution is 2.35. The Morgan fingerprint density at radius 1 is 0.889 bits per heavy atom. The first-order chi connectivity index (χ1) is 13.0. The molecule has 0 aliphatic heterocycles. The van der Waals surface area contributed by atoms with Crippen LogP contribution in [0.5, 0.6) is 0 Å². The number of aromatic nitrogens is 2. The Morgan fingerprint density at radius 3 is 2.48 bits per heavy atom. The molecule has 2 aromatic carbocycles. The van der Waals surface area contributed by atoms with Gasteiger partial charge in [0.15, 0.2) is 11.6 Å². The van der Waals surface area contributed by atoms with Gasteiger partial charge in [0.05, 0.1) is 0 Å². The van der Waals surface area contributed by atoms with Crippen LogP contribution in [0.2, 0.25) is 0 Å². The number of pyridine rings is 1. The Morgan fingerprint density at radius 2 is 1.70 bits per heavy atom. The van der Waals surface area contributed by atoms with Gasteiger partial charge in [-0.25, -0.2) is 9.37 Å². The molecule has 27 heavy (non-hydrogen) atoms. The molecule has 0 aliphatic carbocycles. The molecule has 0 atom stereocenters. The number of nitrogens with zero attached hydrogens (tertiary/aromatic N) is 4. The molecule has 0 N–H and O–H groups in total. The molecule has 0 saturated carbocycles. The van der Waals surface area contributed by atoms with Crippen LogP contribution in [0.3, 0.4) is 0 Å². The van der Waals surface area contributed by atoms with Crippen molar-refractivity contribution in [2.45, 2.75) is 20.8 Å². The van der Waals surface area contributed by atoms with Crippen LogP contribution in [0, 0.1) is 26.6 Å². The average Bonchev–Trinajstić information content (AvgIpc) is 3.01. The quantitative estimate of drug-likeness (QED) is 0.386. The van der Waals surface area contributed by atoms with Crippen molar-refractivity contribution in [1.82, 2.24) is 9.38 Å². The molecular weight excluding hydrogens is 339 g/mol. The van der Waals surface area contributed by atoms with E-state index in [0.29, 0.717) is 5.82 Å². The van der Waals surface area contributed by atoms with Gasteiger partial charge in [-0.15, -0.1) is 10.2 Å². The number of fused-ring (bicyclic) bond motifs is 1. The van der Waals surface area contributed by atoms with Gasteiger partial charge in [0.2, 0.25) is 0 Å². The second-order valence-corrected chi connectivity index (χ2v) is 6.64. The van der Waals surface area contributed by atoms with Crippen molar-refractivity contribution in [3.05, 3.63) is 83.3 Å². The van der Waals surface area contributed by atoms with Crippen LogP contribution >= 0.6 is 0 Å². The van der Waals surface area contributed by atoms with Gasteiger partial charge in [-0.1, -0.05) is 42.0 Å². The maximum atomic E-state index is 14.0. The van der Waals surface area contributed by atoms with Crippen LogP contribution in [-0.2, 0) is 0 Å². The van der Waals surface area contributed by atoms with Gasteiger partial charge in [0.25, 0.3) is 0 Å². The first kappa shape index (κ1) is 17.1. The summed E-state index contributed by atoms with van der Waals surface area (Å²) in [5.41, 5.74) is 6.08. The number of imidazole rings is 1. The van der Waals surface area contributed by atoms with Gasteiger partial charge >= 0.3 is 0 Å². The molecule has 5 heteroatoms. The summed E-state index contributed by atoms with van der Waals surface area (Å²) in [5.74, 6) is 0.184. The molecule has 4 nitrogen and oxygen atoms in total. The third-order valence-electron chi connectivity index (χ3n) is 4.56. The average molecular weight is 358 g/mol. The molecule has 0 aliphatic rings. The van der Waals surface area contributed by atoms with Crippen molar-refractivity contribution in [2.24, 2.45) is 10.2 Å². The highest BCUT2D eigenvalue weighted by Gasteiger charge is 2.17. The molecule has 0 radical (unpaired) electrons. The van der Waals surface area contributed by atoms with Crippen molar-refractivity contribution in [1.29, 1.82) is 0 Å². The van der Waals surface area contributed by atoms with E-state index in [1.54, 1.807) is 18.2 Å². The normalized spacial score (nSPS) is 11.6. The van der Waals surface area contributed by atoms with Gasteiger partial charge in [0.1, 0.15) is 17.0 Å². The first-order valence-corrected chi connectivity index (χ1v) is 8.76. The first-order valence-electron chi connectivity index (χ1n) is 8.76. The molecular formula is C22H19FN4. The van der Waals surface area contributed by atoms with Crippen molar-refractivity contribution in [2.75, 3.05) is 0 Å². The summed E-state index contributed by atoms with van der Waals surface area (Å²) in [6.07, 6.45) is 1.90. The Labute approximate surface area is 157 Å². The second kappa shape index (κ2) is 6.76. The lowest BCUT2D eigenvalue weighted by Crippen LogP contribution is -1.86. The molecule has 0 bridgehead atoms. The third kappa shape index (κ3) is 3.12. The number of rotatable bonds is 3. The highest BCUT2D eigenvalue weighted by atomic mass is 19.1. The van der Waals surface area contributed by atoms with Gasteiger partial charge in [-0.05, 0) is 50.1 Å². The van der Waals surface area contributed by atoms with Crippen molar-refractivity contribution in [3.63, 3.8) is 0 Å². The number of halogens is 1. The van der Waals surface area contributed by atoms with E-state index in [0.717, 1.165) is 28.0 Å². The predicted molar refractivity (Wildman–Crippen MR) is 105 cm³/mol. The van der Waals surface area contributed by atoms with Crippen LogP contribution in [0.25, 0.3) is 16.9 Å². The molecule has 0 spiro atoms. The summed E-state index contributed by atoms with van der Waals surface area (Å²) in [5, 5.41) is 8.54. The zero-order valence-corrected chi connectivity index (χ0v) is 15.4. The summed E-state index contributed by atoms with van der Waals surface area (Å²) >= 11 is 0. The number of hydrogen-bond acceptors (Lipinski definition) is 3. The Bertz CT molecular complexity index is 1170. The minimum Gasteiger partial charge on any atom is -0.282 e. The maximum absolute atomic E-state index is 14.0. The largest absolute Gasteiger partial charge is 0.282 e. The van der Waals surface area contributed by atoms with Crippen LogP contribution in [-0.4, -0.2) is 9.38 Å². The van der Waals surface area contributed by atoms with Gasteiger partial charge in [-0.2, -0.15) is 0 Å². The molecule has 2 heterocycles. The Balaban J connectivity index is 1.95. The lowest BCUT2D eigenvalue weighted by molar-refractivity contribution is 0.628. The molecule has 0 amide bonds. The van der Waals surface area contributed by atoms with Gasteiger partial charge in [-0.3, -0.25) is 4.40 Å². The summed E-state index contributed by atoms with van der Waals surface area (Å²) in [6, 6.07) is 16.5. The number of aryl methyl sites for hydroxylation is 3. The van der Waals surface area contributed by atoms with Gasteiger partial charge < -0.3 is 0 Å². The fourth-order valence-corrected chi connectivity index (χ4v) is 3.18. The molecule has 0 saturated heterocycles. The second-order valence-electron chi connectivity index (χ2n) is 6.64. The van der Waals surface area contributed by atoms with Crippen LogP contribution in [0.15, 0.2) is 71.0 Å². The lowest BCUT2D eigenvalue weighted by Gasteiger charge is -2.05. The Kier molecular flexibility index (Phi) is 4.28. The minimum absolute atomic E-state index is 0.201. The number of azo groups is 1. The lowest BCUT2D eigenvalue weighted by atomic mass is 10.0. The van der Waals surface area contributed by atoms with Crippen LogP contribution in [0.4, 0.5) is 15.9 Å². The zero-order valence-electron chi connectivity index (χ0n) is 15.4. The van der Waals surface area contributed by atoms with E-state index in [9.17, 15) is 4.39 Å².